The number of hydrogen-bond donors (Lipinski definition) is 0. The zero-order valence-electron chi connectivity index (χ0n) is 8.11. The monoisotopic (exact) mass is 255 g/mol. The van der Waals surface area contributed by atoms with Crippen molar-refractivity contribution in [3.8, 4) is 0 Å². The Labute approximate surface area is 101 Å². The first-order chi connectivity index (χ1) is 7.70. The van der Waals surface area contributed by atoms with E-state index < -0.39 is 0 Å². The molecule has 0 aliphatic rings. The molecule has 2 aromatic rings. The van der Waals surface area contributed by atoms with E-state index in [-0.39, 0.29) is 5.82 Å². The summed E-state index contributed by atoms with van der Waals surface area (Å²) >= 11 is 7.21. The van der Waals surface area contributed by atoms with E-state index in [2.05, 4.69) is 4.98 Å². The van der Waals surface area contributed by atoms with Gasteiger partial charge >= 0.3 is 0 Å². The summed E-state index contributed by atoms with van der Waals surface area (Å²) in [5.74, 6) is -0.352. The maximum absolute atomic E-state index is 13.4. The molecule has 0 aliphatic heterocycles. The molecule has 0 spiro atoms. The van der Waals surface area contributed by atoms with Gasteiger partial charge < -0.3 is 0 Å². The van der Waals surface area contributed by atoms with Gasteiger partial charge in [0, 0.05) is 22.4 Å². The van der Waals surface area contributed by atoms with Crippen LogP contribution in [-0.4, -0.2) is 11.3 Å². The third-order valence-electron chi connectivity index (χ3n) is 2.08. The van der Waals surface area contributed by atoms with Gasteiger partial charge in [-0.25, -0.2) is 9.37 Å². The largest absolute Gasteiger partial charge is 0.296 e. The highest BCUT2D eigenvalue weighted by molar-refractivity contribution is 7.09. The van der Waals surface area contributed by atoms with Crippen molar-refractivity contribution in [2.45, 2.75) is 6.42 Å². The van der Waals surface area contributed by atoms with E-state index in [1.807, 2.05) is 0 Å². The van der Waals surface area contributed by atoms with E-state index in [9.17, 15) is 9.18 Å². The van der Waals surface area contributed by atoms with E-state index in [1.165, 1.54) is 17.4 Å². The maximum atomic E-state index is 13.4. The highest BCUT2D eigenvalue weighted by Crippen LogP contribution is 2.23. The maximum Gasteiger partial charge on any atom is 0.169 e. The lowest BCUT2D eigenvalue weighted by Gasteiger charge is -2.02. The van der Waals surface area contributed by atoms with Crippen molar-refractivity contribution < 1.29 is 9.18 Å². The number of aldehydes is 1. The van der Waals surface area contributed by atoms with Crippen LogP contribution in [0.1, 0.15) is 21.1 Å². The third kappa shape index (κ3) is 2.28. The molecule has 0 aliphatic carbocycles. The predicted molar refractivity (Wildman–Crippen MR) is 61.7 cm³/mol. The van der Waals surface area contributed by atoms with Crippen molar-refractivity contribution in [1.29, 1.82) is 0 Å². The minimum Gasteiger partial charge on any atom is -0.296 e. The average Bonchev–Trinajstić information content (AvgIpc) is 2.71. The fraction of sp³-hybridized carbons (Fsp3) is 0.0909. The number of carbonyl (C=O) groups excluding carboxylic acids is 1. The fourth-order valence-corrected chi connectivity index (χ4v) is 2.29. The minimum absolute atomic E-state index is 0.310. The second kappa shape index (κ2) is 4.72. The minimum atomic E-state index is -0.352. The number of rotatable bonds is 3. The molecule has 0 bridgehead atoms. The smallest absolute Gasteiger partial charge is 0.169 e. The molecule has 0 unspecified atom stereocenters. The molecule has 0 saturated carbocycles. The van der Waals surface area contributed by atoms with Gasteiger partial charge in [0.1, 0.15) is 11.5 Å². The third-order valence-corrected chi connectivity index (χ3v) is 3.30. The summed E-state index contributed by atoms with van der Waals surface area (Å²) in [4.78, 5) is 14.5. The van der Waals surface area contributed by atoms with Gasteiger partial charge in [0.2, 0.25) is 0 Å². The SMILES string of the molecule is O=Cc1csc(Cc2c(F)cccc2Cl)n1. The molecule has 1 aromatic heterocycles. The van der Waals surface area contributed by atoms with E-state index >= 15 is 0 Å². The summed E-state index contributed by atoms with van der Waals surface area (Å²) in [7, 11) is 0. The van der Waals surface area contributed by atoms with Crippen molar-refractivity contribution in [2.75, 3.05) is 0 Å². The van der Waals surface area contributed by atoms with Crippen LogP contribution in [0.15, 0.2) is 23.6 Å². The second-order valence-corrected chi connectivity index (χ2v) is 4.51. The molecule has 0 fully saturated rings. The van der Waals surface area contributed by atoms with Crippen LogP contribution >= 0.6 is 22.9 Å². The molecule has 16 heavy (non-hydrogen) atoms. The van der Waals surface area contributed by atoms with Gasteiger partial charge in [0.15, 0.2) is 6.29 Å². The molecule has 0 radical (unpaired) electrons. The molecular formula is C11H7ClFNOS. The van der Waals surface area contributed by atoms with E-state index in [0.29, 0.717) is 34.0 Å². The Morgan fingerprint density at radius 3 is 2.94 bits per heavy atom. The van der Waals surface area contributed by atoms with Gasteiger partial charge in [-0.15, -0.1) is 11.3 Å². The second-order valence-electron chi connectivity index (χ2n) is 3.16. The number of aromatic nitrogens is 1. The Morgan fingerprint density at radius 1 is 1.50 bits per heavy atom. The van der Waals surface area contributed by atoms with Crippen LogP contribution in [0.3, 0.4) is 0 Å². The van der Waals surface area contributed by atoms with Gasteiger partial charge in [0.05, 0.1) is 5.01 Å². The van der Waals surface area contributed by atoms with Crippen molar-refractivity contribution in [3.63, 3.8) is 0 Å². The van der Waals surface area contributed by atoms with Crippen molar-refractivity contribution >= 4 is 29.2 Å². The topological polar surface area (TPSA) is 30.0 Å². The summed E-state index contributed by atoms with van der Waals surface area (Å²) < 4.78 is 13.4. The van der Waals surface area contributed by atoms with Crippen molar-refractivity contribution in [3.05, 3.63) is 50.7 Å². The molecule has 2 rings (SSSR count). The van der Waals surface area contributed by atoms with E-state index in [0.717, 1.165) is 0 Å². The molecule has 2 nitrogen and oxygen atoms in total. The van der Waals surface area contributed by atoms with E-state index in [1.54, 1.807) is 17.5 Å². The Bertz CT molecular complexity index is 506. The molecular weight excluding hydrogens is 249 g/mol. The highest BCUT2D eigenvalue weighted by Gasteiger charge is 2.10. The van der Waals surface area contributed by atoms with Gasteiger partial charge in [-0.2, -0.15) is 0 Å². The summed E-state index contributed by atoms with van der Waals surface area (Å²) in [6.45, 7) is 0. The number of thiazole rings is 1. The van der Waals surface area contributed by atoms with Crippen LogP contribution in [-0.2, 0) is 6.42 Å². The van der Waals surface area contributed by atoms with Gasteiger partial charge in [0.25, 0.3) is 0 Å². The lowest BCUT2D eigenvalue weighted by molar-refractivity contribution is 0.111. The average molecular weight is 256 g/mol. The van der Waals surface area contributed by atoms with Gasteiger partial charge in [-0.3, -0.25) is 4.79 Å². The highest BCUT2D eigenvalue weighted by atomic mass is 35.5. The molecule has 0 saturated heterocycles. The molecule has 0 N–H and O–H groups in total. The first-order valence-corrected chi connectivity index (χ1v) is 5.79. The molecule has 0 amide bonds. The summed E-state index contributed by atoms with van der Waals surface area (Å²) in [5.41, 5.74) is 0.781. The lowest BCUT2D eigenvalue weighted by atomic mass is 10.1. The number of nitrogens with zero attached hydrogens (tertiary/aromatic N) is 1. The Kier molecular flexibility index (Phi) is 3.31. The van der Waals surface area contributed by atoms with E-state index in [4.69, 9.17) is 11.6 Å². The van der Waals surface area contributed by atoms with Crippen molar-refractivity contribution in [1.82, 2.24) is 4.98 Å². The number of halogens is 2. The molecule has 82 valence electrons. The van der Waals surface area contributed by atoms with Crippen LogP contribution in [0.5, 0.6) is 0 Å². The van der Waals surface area contributed by atoms with Crippen LogP contribution in [0.25, 0.3) is 0 Å². The van der Waals surface area contributed by atoms with Crippen LogP contribution < -0.4 is 0 Å². The zero-order valence-corrected chi connectivity index (χ0v) is 9.69. The number of benzene rings is 1. The Balaban J connectivity index is 2.29. The lowest BCUT2D eigenvalue weighted by Crippen LogP contribution is -1.93. The zero-order chi connectivity index (χ0) is 11.5. The number of hydrogen-bond acceptors (Lipinski definition) is 3. The Morgan fingerprint density at radius 2 is 2.31 bits per heavy atom. The van der Waals surface area contributed by atoms with Crippen molar-refractivity contribution in [2.24, 2.45) is 0 Å². The molecule has 5 heteroatoms. The van der Waals surface area contributed by atoms with Gasteiger partial charge in [-0.05, 0) is 12.1 Å². The predicted octanol–water partition coefficient (Wildman–Crippen LogP) is 3.34. The Hall–Kier alpha value is -1.26. The first kappa shape index (κ1) is 11.2. The standard InChI is InChI=1S/C11H7ClFNOS/c12-9-2-1-3-10(13)8(9)4-11-14-7(5-15)6-16-11/h1-3,5-6H,4H2. The first-order valence-electron chi connectivity index (χ1n) is 4.53. The normalized spacial score (nSPS) is 10.4. The molecule has 0 atom stereocenters. The number of carbonyl (C=O) groups is 1. The van der Waals surface area contributed by atoms with Crippen LogP contribution in [0.2, 0.25) is 5.02 Å². The summed E-state index contributed by atoms with van der Waals surface area (Å²) in [5, 5.41) is 2.69. The summed E-state index contributed by atoms with van der Waals surface area (Å²) in [6, 6.07) is 4.55. The van der Waals surface area contributed by atoms with Gasteiger partial charge in [-0.1, -0.05) is 17.7 Å². The molecule has 1 heterocycles. The summed E-state index contributed by atoms with van der Waals surface area (Å²) in [6.07, 6.45) is 0.979. The fourth-order valence-electron chi connectivity index (χ4n) is 1.31. The van der Waals surface area contributed by atoms with Crippen LogP contribution in [0, 0.1) is 5.82 Å². The molecule has 1 aromatic carbocycles. The van der Waals surface area contributed by atoms with Crippen LogP contribution in [0.4, 0.5) is 4.39 Å². The quantitative estimate of drug-likeness (QED) is 0.788.